The smallest absolute Gasteiger partial charge is 0.182 e. The van der Waals surface area contributed by atoms with E-state index in [9.17, 15) is 9.59 Å². The zero-order valence-electron chi connectivity index (χ0n) is 20.5. The van der Waals surface area contributed by atoms with Crippen molar-refractivity contribution in [3.8, 4) is 11.1 Å². The van der Waals surface area contributed by atoms with Crippen LogP contribution in [0.5, 0.6) is 0 Å². The lowest BCUT2D eigenvalue weighted by molar-refractivity contribution is -0.369. The van der Waals surface area contributed by atoms with Crippen LogP contribution in [0, 0.1) is 58.2 Å². The van der Waals surface area contributed by atoms with Gasteiger partial charge >= 0.3 is 0 Å². The standard InChI is InChI=1S/C32H28N2O2/c1-31-27-15-9-16(24-20-12-34-8-6-14(20)13-5-7-33-11-19(13)23(15)24)28(27)32(31,2)30-18-10-17(29(30)31)25-21(35)3-4-22(36)26(18)25/h3-8,11-12,15-18,23-24,27-30H,9-10H2,1-2H3/t15-,16+,17+,18-,23-,24+,27?,28?,29?,30?,31-,32+. The van der Waals surface area contributed by atoms with Gasteiger partial charge in [-0.1, -0.05) is 13.8 Å². The molecule has 2 aromatic heterocycles. The number of hydrogen-bond acceptors (Lipinski definition) is 4. The summed E-state index contributed by atoms with van der Waals surface area (Å²) in [6, 6.07) is 4.42. The first-order chi connectivity index (χ1) is 17.5. The monoisotopic (exact) mass is 472 g/mol. The molecule has 12 atom stereocenters. The topological polar surface area (TPSA) is 59.9 Å². The quantitative estimate of drug-likeness (QED) is 0.394. The number of aromatic nitrogens is 2. The number of pyridine rings is 2. The van der Waals surface area contributed by atoms with Crippen LogP contribution < -0.4 is 0 Å². The first kappa shape index (κ1) is 19.3. The van der Waals surface area contributed by atoms with Gasteiger partial charge in [0.25, 0.3) is 0 Å². The Hall–Kier alpha value is -2.88. The maximum Gasteiger partial charge on any atom is 0.182 e. The van der Waals surface area contributed by atoms with Gasteiger partial charge in [0.15, 0.2) is 11.6 Å². The van der Waals surface area contributed by atoms with Crippen molar-refractivity contribution in [3.63, 3.8) is 0 Å². The molecule has 4 nitrogen and oxygen atoms in total. The van der Waals surface area contributed by atoms with Crippen molar-refractivity contribution in [2.45, 2.75) is 38.5 Å². The molecule has 4 unspecified atom stereocenters. The van der Waals surface area contributed by atoms with Gasteiger partial charge in [-0.25, -0.2) is 0 Å². The third-order valence-corrected chi connectivity index (χ3v) is 13.5. The minimum absolute atomic E-state index is 0.119. The summed E-state index contributed by atoms with van der Waals surface area (Å²) >= 11 is 0. The van der Waals surface area contributed by atoms with E-state index in [1.54, 1.807) is 12.2 Å². The van der Waals surface area contributed by atoms with Crippen LogP contribution in [0.25, 0.3) is 11.1 Å². The van der Waals surface area contributed by atoms with Gasteiger partial charge in [0.2, 0.25) is 0 Å². The van der Waals surface area contributed by atoms with Gasteiger partial charge in [-0.15, -0.1) is 0 Å². The van der Waals surface area contributed by atoms with Crippen molar-refractivity contribution in [1.29, 1.82) is 0 Å². The van der Waals surface area contributed by atoms with E-state index < -0.39 is 0 Å². The van der Waals surface area contributed by atoms with Gasteiger partial charge in [-0.2, -0.15) is 0 Å². The average Bonchev–Trinajstić information content (AvgIpc) is 3.66. The zero-order chi connectivity index (χ0) is 23.9. The van der Waals surface area contributed by atoms with E-state index in [0.717, 1.165) is 29.4 Å². The van der Waals surface area contributed by atoms with Crippen molar-refractivity contribution >= 4 is 11.6 Å². The predicted octanol–water partition coefficient (Wildman–Crippen LogP) is 5.13. The van der Waals surface area contributed by atoms with Crippen LogP contribution in [0.15, 0.2) is 60.2 Å². The van der Waals surface area contributed by atoms with Gasteiger partial charge in [0.1, 0.15) is 0 Å². The number of fused-ring (bicyclic) bond motifs is 25. The van der Waals surface area contributed by atoms with Crippen molar-refractivity contribution < 1.29 is 9.59 Å². The molecule has 2 aromatic rings. The fourth-order valence-electron chi connectivity index (χ4n) is 13.0. The lowest BCUT2D eigenvalue weighted by Gasteiger charge is -2.85. The molecule has 0 saturated heterocycles. The van der Waals surface area contributed by atoms with Crippen LogP contribution in [0.2, 0.25) is 0 Å². The molecule has 0 N–H and O–H groups in total. The number of hydrogen-bond donors (Lipinski definition) is 0. The lowest BCUT2D eigenvalue weighted by Crippen LogP contribution is -2.81. The first-order valence-corrected chi connectivity index (χ1v) is 13.9. The number of carbonyl (C=O) groups excluding carboxylic acids is 2. The van der Waals surface area contributed by atoms with E-state index in [2.05, 4.69) is 48.3 Å². The average molecular weight is 473 g/mol. The molecular weight excluding hydrogens is 444 g/mol. The van der Waals surface area contributed by atoms with Crippen LogP contribution in [0.1, 0.15) is 49.7 Å². The number of rotatable bonds is 0. The van der Waals surface area contributed by atoms with Gasteiger partial charge < -0.3 is 0 Å². The second kappa shape index (κ2) is 5.51. The maximum atomic E-state index is 13.0. The Bertz CT molecular complexity index is 1440. The van der Waals surface area contributed by atoms with Crippen LogP contribution >= 0.6 is 0 Å². The third kappa shape index (κ3) is 1.59. The molecule has 0 spiro atoms. The molecule has 2 heterocycles. The molecule has 8 aliphatic carbocycles. The maximum absolute atomic E-state index is 13.0. The van der Waals surface area contributed by atoms with Crippen LogP contribution in [-0.4, -0.2) is 21.5 Å². The number of ketones is 2. The lowest BCUT2D eigenvalue weighted by atomic mass is 9.19. The third-order valence-electron chi connectivity index (χ3n) is 13.5. The Kier molecular flexibility index (Phi) is 2.95. The van der Waals surface area contributed by atoms with Gasteiger partial charge in [-0.05, 0) is 129 Å². The van der Waals surface area contributed by atoms with Crippen molar-refractivity contribution in [2.24, 2.45) is 58.2 Å². The van der Waals surface area contributed by atoms with Crippen molar-refractivity contribution in [1.82, 2.24) is 9.97 Å². The number of allylic oxidation sites excluding steroid dienone is 4. The largest absolute Gasteiger partial charge is 0.290 e. The molecule has 8 aliphatic rings. The summed E-state index contributed by atoms with van der Waals surface area (Å²) in [7, 11) is 0. The second-order valence-corrected chi connectivity index (χ2v) is 13.5. The Morgan fingerprint density at radius 3 is 1.64 bits per heavy atom. The summed E-state index contributed by atoms with van der Waals surface area (Å²) in [5.74, 6) is 5.83. The van der Waals surface area contributed by atoms with Crippen molar-refractivity contribution in [2.75, 3.05) is 0 Å². The number of nitrogens with zero attached hydrogens (tertiary/aromatic N) is 2. The second-order valence-electron chi connectivity index (χ2n) is 13.5. The highest BCUT2D eigenvalue weighted by atomic mass is 16.1. The van der Waals surface area contributed by atoms with Crippen LogP contribution in [0.4, 0.5) is 0 Å². The van der Waals surface area contributed by atoms with Gasteiger partial charge in [0, 0.05) is 35.9 Å². The molecule has 0 radical (unpaired) electrons. The molecule has 36 heavy (non-hydrogen) atoms. The molecule has 0 aliphatic heterocycles. The van der Waals surface area contributed by atoms with E-state index >= 15 is 0 Å². The van der Waals surface area contributed by atoms with E-state index in [1.165, 1.54) is 28.7 Å². The Morgan fingerprint density at radius 2 is 1.17 bits per heavy atom. The highest BCUT2D eigenvalue weighted by Crippen LogP contribution is 2.94. The summed E-state index contributed by atoms with van der Waals surface area (Å²) < 4.78 is 0. The molecule has 5 saturated carbocycles. The predicted molar refractivity (Wildman–Crippen MR) is 132 cm³/mol. The molecule has 10 rings (SSSR count). The minimum atomic E-state index is 0.119. The highest BCUT2D eigenvalue weighted by molar-refractivity contribution is 6.21. The van der Waals surface area contributed by atoms with Crippen LogP contribution in [-0.2, 0) is 9.59 Å². The van der Waals surface area contributed by atoms with E-state index in [4.69, 9.17) is 0 Å². The molecule has 0 aromatic carbocycles. The summed E-state index contributed by atoms with van der Waals surface area (Å²) in [5, 5.41) is 0. The minimum Gasteiger partial charge on any atom is -0.290 e. The SMILES string of the molecule is C[C@@]12C3C([C@@H]4C[C@H]3C3=C4C(=O)C=CC3=O)[C@]1(C)C1C2[C@@H]2C[C@H]1[C@H]1c3cnccc3-c3ccncc3[C@H]12. The van der Waals surface area contributed by atoms with Gasteiger partial charge in [-0.3, -0.25) is 19.6 Å². The fourth-order valence-corrected chi connectivity index (χ4v) is 13.0. The number of carbonyl (C=O) groups is 2. The summed E-state index contributed by atoms with van der Waals surface area (Å²) in [6.45, 7) is 5.17. The Labute approximate surface area is 210 Å². The van der Waals surface area contributed by atoms with E-state index in [-0.39, 0.29) is 22.4 Å². The zero-order valence-corrected chi connectivity index (χ0v) is 20.5. The molecular formula is C32H28N2O2. The van der Waals surface area contributed by atoms with E-state index in [0.29, 0.717) is 47.3 Å². The molecule has 5 fully saturated rings. The highest BCUT2D eigenvalue weighted by Gasteiger charge is 2.90. The Morgan fingerprint density at radius 1 is 0.694 bits per heavy atom. The normalized spacial score (nSPS) is 50.9. The summed E-state index contributed by atoms with van der Waals surface area (Å²) in [5.41, 5.74) is 7.99. The van der Waals surface area contributed by atoms with Crippen LogP contribution in [0.3, 0.4) is 0 Å². The molecule has 178 valence electrons. The summed E-state index contributed by atoms with van der Waals surface area (Å²) in [4.78, 5) is 35.1. The molecule has 0 amide bonds. The molecule has 4 heteroatoms. The summed E-state index contributed by atoms with van der Waals surface area (Å²) in [6.07, 6.45) is 13.6. The first-order valence-electron chi connectivity index (χ1n) is 13.9. The van der Waals surface area contributed by atoms with E-state index in [1.807, 2.05) is 12.4 Å². The van der Waals surface area contributed by atoms with Gasteiger partial charge in [0.05, 0.1) is 0 Å². The van der Waals surface area contributed by atoms with Crippen molar-refractivity contribution in [3.05, 3.63) is 71.3 Å². The molecule has 4 bridgehead atoms. The fraction of sp³-hybridized carbons (Fsp3) is 0.500. The Balaban J connectivity index is 1.13.